The molecule has 3 rings (SSSR count). The van der Waals surface area contributed by atoms with E-state index in [1.54, 1.807) is 12.1 Å². The van der Waals surface area contributed by atoms with E-state index in [-0.39, 0.29) is 6.10 Å². The molecule has 1 aliphatic heterocycles. The van der Waals surface area contributed by atoms with Gasteiger partial charge in [0.05, 0.1) is 5.56 Å². The molecular weight excluding hydrogens is 290 g/mol. The van der Waals surface area contributed by atoms with Gasteiger partial charge in [0.2, 0.25) is 5.88 Å². The number of ether oxygens (including phenoxy) is 1. The Morgan fingerprint density at radius 2 is 2.09 bits per heavy atom. The molecule has 1 aliphatic rings. The average Bonchev–Trinajstić information content (AvgIpc) is 3.03. The fourth-order valence-electron chi connectivity index (χ4n) is 2.63. The summed E-state index contributed by atoms with van der Waals surface area (Å²) in [6, 6.07) is 5.52. The third kappa shape index (κ3) is 4.02. The largest absolute Gasteiger partial charge is 0.473 e. The molecule has 0 aromatic carbocycles. The second-order valence-electron chi connectivity index (χ2n) is 5.62. The molecule has 2 aromatic rings. The van der Waals surface area contributed by atoms with Crippen molar-refractivity contribution in [2.24, 2.45) is 0 Å². The van der Waals surface area contributed by atoms with Crippen LogP contribution in [0.2, 0.25) is 0 Å². The van der Waals surface area contributed by atoms with Crippen LogP contribution in [0.15, 0.2) is 30.7 Å². The van der Waals surface area contributed by atoms with E-state index in [2.05, 4.69) is 32.8 Å². The number of pyridine rings is 1. The predicted molar refractivity (Wildman–Crippen MR) is 84.7 cm³/mol. The Morgan fingerprint density at radius 1 is 1.26 bits per heavy atom. The monoisotopic (exact) mass is 309 g/mol. The van der Waals surface area contributed by atoms with E-state index in [0.29, 0.717) is 11.4 Å². The summed E-state index contributed by atoms with van der Waals surface area (Å²) in [7, 11) is 0. The molecule has 0 radical (unpaired) electrons. The number of rotatable bonds is 5. The highest BCUT2D eigenvalue weighted by molar-refractivity contribution is 5.28. The zero-order valence-electron chi connectivity index (χ0n) is 13.1. The van der Waals surface area contributed by atoms with Gasteiger partial charge in [0.1, 0.15) is 18.0 Å². The van der Waals surface area contributed by atoms with Gasteiger partial charge in [-0.15, -0.1) is 0 Å². The minimum atomic E-state index is 0.131. The van der Waals surface area contributed by atoms with Crippen molar-refractivity contribution in [1.29, 1.82) is 5.26 Å². The van der Waals surface area contributed by atoms with Crippen molar-refractivity contribution in [2.45, 2.75) is 32.4 Å². The zero-order chi connectivity index (χ0) is 16.1. The maximum absolute atomic E-state index is 8.77. The second kappa shape index (κ2) is 7.16. The van der Waals surface area contributed by atoms with Crippen LogP contribution in [0.25, 0.3) is 0 Å². The average molecular weight is 309 g/mol. The van der Waals surface area contributed by atoms with E-state index in [0.717, 1.165) is 43.9 Å². The number of hydrogen-bond acceptors (Lipinski definition) is 6. The zero-order valence-corrected chi connectivity index (χ0v) is 13.1. The third-order valence-electron chi connectivity index (χ3n) is 3.86. The molecule has 1 unspecified atom stereocenters. The molecule has 118 valence electrons. The molecular formula is C17H19N5O. The van der Waals surface area contributed by atoms with Crippen molar-refractivity contribution in [2.75, 3.05) is 13.1 Å². The molecule has 1 atom stereocenters. The first-order valence-electron chi connectivity index (χ1n) is 7.81. The molecule has 0 saturated carbocycles. The first-order chi connectivity index (χ1) is 11.3. The number of nitriles is 1. The van der Waals surface area contributed by atoms with Gasteiger partial charge in [-0.1, -0.05) is 6.92 Å². The molecule has 6 heteroatoms. The fourth-order valence-corrected chi connectivity index (χ4v) is 2.63. The predicted octanol–water partition coefficient (Wildman–Crippen LogP) is 1.96. The summed E-state index contributed by atoms with van der Waals surface area (Å²) in [6.45, 7) is 4.73. The second-order valence-corrected chi connectivity index (χ2v) is 5.62. The van der Waals surface area contributed by atoms with Gasteiger partial charge in [0.25, 0.3) is 0 Å². The van der Waals surface area contributed by atoms with Crippen molar-refractivity contribution in [3.8, 4) is 11.9 Å². The standard InChI is InChI=1S/C17H19N5O/c1-2-16-19-9-14(10-20-16)11-22-6-5-15(12-22)23-17-4-3-13(7-18)8-21-17/h3-4,8-10,15H,2,5-6,11-12H2,1H3. The Hall–Kier alpha value is -2.52. The van der Waals surface area contributed by atoms with E-state index in [1.165, 1.54) is 6.20 Å². The molecule has 1 saturated heterocycles. The van der Waals surface area contributed by atoms with Crippen LogP contribution in [-0.4, -0.2) is 39.0 Å². The summed E-state index contributed by atoms with van der Waals surface area (Å²) in [5.74, 6) is 1.45. The van der Waals surface area contributed by atoms with Crippen molar-refractivity contribution < 1.29 is 4.74 Å². The lowest BCUT2D eigenvalue weighted by molar-refractivity contribution is 0.191. The minimum Gasteiger partial charge on any atom is -0.473 e. The lowest BCUT2D eigenvalue weighted by atomic mass is 10.3. The van der Waals surface area contributed by atoms with Gasteiger partial charge in [0, 0.05) is 56.3 Å². The van der Waals surface area contributed by atoms with Crippen molar-refractivity contribution in [1.82, 2.24) is 19.9 Å². The summed E-state index contributed by atoms with van der Waals surface area (Å²) in [6.07, 6.45) is 7.30. The molecule has 1 fully saturated rings. The maximum Gasteiger partial charge on any atom is 0.213 e. The van der Waals surface area contributed by atoms with Gasteiger partial charge in [-0.2, -0.15) is 5.26 Å². The van der Waals surface area contributed by atoms with E-state index < -0.39 is 0 Å². The Balaban J connectivity index is 1.52. The van der Waals surface area contributed by atoms with Gasteiger partial charge in [0.15, 0.2) is 0 Å². The highest BCUT2D eigenvalue weighted by Gasteiger charge is 2.24. The number of likely N-dealkylation sites (tertiary alicyclic amines) is 1. The summed E-state index contributed by atoms with van der Waals surface area (Å²) in [5, 5.41) is 8.77. The van der Waals surface area contributed by atoms with E-state index >= 15 is 0 Å². The molecule has 3 heterocycles. The summed E-state index contributed by atoms with van der Waals surface area (Å²) < 4.78 is 5.89. The molecule has 0 amide bonds. The number of hydrogen-bond donors (Lipinski definition) is 0. The SMILES string of the molecule is CCc1ncc(CN2CCC(Oc3ccc(C#N)cn3)C2)cn1. The molecule has 6 nitrogen and oxygen atoms in total. The smallest absolute Gasteiger partial charge is 0.213 e. The normalized spacial score (nSPS) is 17.8. The maximum atomic E-state index is 8.77. The van der Waals surface area contributed by atoms with Gasteiger partial charge in [-0.25, -0.2) is 15.0 Å². The summed E-state index contributed by atoms with van der Waals surface area (Å²) in [4.78, 5) is 15.2. The van der Waals surface area contributed by atoms with E-state index in [9.17, 15) is 0 Å². The van der Waals surface area contributed by atoms with Crippen molar-refractivity contribution in [3.63, 3.8) is 0 Å². The fraction of sp³-hybridized carbons (Fsp3) is 0.412. The van der Waals surface area contributed by atoms with Gasteiger partial charge in [-0.05, 0) is 12.5 Å². The molecule has 0 aliphatic carbocycles. The van der Waals surface area contributed by atoms with Crippen LogP contribution in [0.4, 0.5) is 0 Å². The molecule has 0 bridgehead atoms. The Morgan fingerprint density at radius 3 is 2.74 bits per heavy atom. The lowest BCUT2D eigenvalue weighted by Gasteiger charge is -2.16. The first-order valence-corrected chi connectivity index (χ1v) is 7.81. The van der Waals surface area contributed by atoms with Crippen LogP contribution < -0.4 is 4.74 Å². The van der Waals surface area contributed by atoms with Crippen LogP contribution in [0.5, 0.6) is 5.88 Å². The van der Waals surface area contributed by atoms with Crippen molar-refractivity contribution in [3.05, 3.63) is 47.7 Å². The van der Waals surface area contributed by atoms with Crippen LogP contribution in [0.3, 0.4) is 0 Å². The molecule has 0 spiro atoms. The highest BCUT2D eigenvalue weighted by atomic mass is 16.5. The van der Waals surface area contributed by atoms with Crippen LogP contribution in [0, 0.1) is 11.3 Å². The quantitative estimate of drug-likeness (QED) is 0.840. The summed E-state index contributed by atoms with van der Waals surface area (Å²) >= 11 is 0. The number of nitrogens with zero attached hydrogens (tertiary/aromatic N) is 5. The van der Waals surface area contributed by atoms with Crippen LogP contribution >= 0.6 is 0 Å². The molecule has 0 N–H and O–H groups in total. The number of aryl methyl sites for hydroxylation is 1. The third-order valence-corrected chi connectivity index (χ3v) is 3.86. The number of aromatic nitrogens is 3. The van der Waals surface area contributed by atoms with Gasteiger partial charge < -0.3 is 4.74 Å². The minimum absolute atomic E-state index is 0.131. The van der Waals surface area contributed by atoms with E-state index in [1.807, 2.05) is 12.4 Å². The Kier molecular flexibility index (Phi) is 4.79. The lowest BCUT2D eigenvalue weighted by Crippen LogP contribution is -2.25. The van der Waals surface area contributed by atoms with Gasteiger partial charge in [-0.3, -0.25) is 4.90 Å². The topological polar surface area (TPSA) is 74.9 Å². The van der Waals surface area contributed by atoms with Crippen LogP contribution in [0.1, 0.15) is 30.3 Å². The Bertz CT molecular complexity index is 678. The highest BCUT2D eigenvalue weighted by Crippen LogP contribution is 2.18. The van der Waals surface area contributed by atoms with Crippen LogP contribution in [-0.2, 0) is 13.0 Å². The first kappa shape index (κ1) is 15.4. The summed E-state index contributed by atoms with van der Waals surface area (Å²) in [5.41, 5.74) is 1.67. The molecule has 2 aromatic heterocycles. The van der Waals surface area contributed by atoms with Crippen molar-refractivity contribution >= 4 is 0 Å². The van der Waals surface area contributed by atoms with Gasteiger partial charge >= 0.3 is 0 Å². The van der Waals surface area contributed by atoms with E-state index in [4.69, 9.17) is 10.00 Å². The Labute approximate surface area is 135 Å². The molecule has 23 heavy (non-hydrogen) atoms.